The van der Waals surface area contributed by atoms with Crippen LogP contribution in [-0.4, -0.2) is 20.8 Å². The van der Waals surface area contributed by atoms with Gasteiger partial charge in [-0.05, 0) is 42.0 Å². The van der Waals surface area contributed by atoms with E-state index < -0.39 is 17.4 Å². The van der Waals surface area contributed by atoms with Gasteiger partial charge in [0.15, 0.2) is 5.75 Å². The lowest BCUT2D eigenvalue weighted by atomic mass is 9.76. The number of benzene rings is 1. The Hall–Kier alpha value is -3.91. The number of amidine groups is 1. The molecule has 9 heteroatoms. The largest absolute Gasteiger partial charge is 0.452 e. The Kier molecular flexibility index (Phi) is 3.85. The zero-order valence-electron chi connectivity index (χ0n) is 16.2. The summed E-state index contributed by atoms with van der Waals surface area (Å²) in [6.07, 6.45) is 2.97. The van der Waals surface area contributed by atoms with Crippen molar-refractivity contribution in [1.29, 1.82) is 0 Å². The summed E-state index contributed by atoms with van der Waals surface area (Å²) < 4.78 is 35.2. The van der Waals surface area contributed by atoms with Crippen molar-refractivity contribution in [2.75, 3.05) is 0 Å². The summed E-state index contributed by atoms with van der Waals surface area (Å²) in [5.41, 5.74) is 7.79. The van der Waals surface area contributed by atoms with E-state index in [1.165, 1.54) is 12.3 Å². The van der Waals surface area contributed by atoms with E-state index >= 15 is 0 Å². The predicted molar refractivity (Wildman–Crippen MR) is 114 cm³/mol. The first-order chi connectivity index (χ1) is 15.5. The SMILES string of the molecule is NC1=N[C@@]2(c3cc(-c4cccnc4F)ccc3Oc3c2cc(Cl)nc3F)c2cccnc21. The van der Waals surface area contributed by atoms with E-state index in [0.29, 0.717) is 39.3 Å². The molecule has 0 unspecified atom stereocenters. The molecule has 0 aliphatic carbocycles. The summed E-state index contributed by atoms with van der Waals surface area (Å²) in [5, 5.41) is -0.0618. The molecule has 0 saturated carbocycles. The topological polar surface area (TPSA) is 86.3 Å². The molecule has 5 heterocycles. The number of halogens is 3. The monoisotopic (exact) mass is 447 g/mol. The summed E-state index contributed by atoms with van der Waals surface area (Å²) in [6.45, 7) is 0. The summed E-state index contributed by atoms with van der Waals surface area (Å²) >= 11 is 6.12. The Bertz CT molecular complexity index is 1470. The van der Waals surface area contributed by atoms with Crippen LogP contribution in [0.1, 0.15) is 22.4 Å². The van der Waals surface area contributed by atoms with Gasteiger partial charge in [0, 0.05) is 34.6 Å². The lowest BCUT2D eigenvalue weighted by Gasteiger charge is -2.35. The third kappa shape index (κ3) is 2.44. The van der Waals surface area contributed by atoms with Gasteiger partial charge in [0.1, 0.15) is 28.0 Å². The highest BCUT2D eigenvalue weighted by molar-refractivity contribution is 6.29. The smallest absolute Gasteiger partial charge is 0.257 e. The third-order valence-electron chi connectivity index (χ3n) is 5.67. The average Bonchev–Trinajstić information content (AvgIpc) is 3.08. The van der Waals surface area contributed by atoms with Crippen LogP contribution >= 0.6 is 11.6 Å². The van der Waals surface area contributed by atoms with Crippen molar-refractivity contribution in [2.45, 2.75) is 5.54 Å². The van der Waals surface area contributed by atoms with E-state index in [-0.39, 0.29) is 16.7 Å². The fraction of sp³-hybridized carbons (Fsp3) is 0.0435. The van der Waals surface area contributed by atoms with Crippen LogP contribution in [0.3, 0.4) is 0 Å². The van der Waals surface area contributed by atoms with Crippen molar-refractivity contribution < 1.29 is 13.5 Å². The van der Waals surface area contributed by atoms with Gasteiger partial charge >= 0.3 is 0 Å². The first-order valence-corrected chi connectivity index (χ1v) is 9.98. The summed E-state index contributed by atoms with van der Waals surface area (Å²) in [6, 6.07) is 13.4. The Morgan fingerprint density at radius 1 is 0.906 bits per heavy atom. The first-order valence-electron chi connectivity index (χ1n) is 9.60. The van der Waals surface area contributed by atoms with Gasteiger partial charge in [-0.1, -0.05) is 23.7 Å². The molecule has 6 rings (SSSR count). The Labute approximate surface area is 185 Å². The predicted octanol–water partition coefficient (Wildman–Crippen LogP) is 4.59. The third-order valence-corrected chi connectivity index (χ3v) is 5.86. The average molecular weight is 448 g/mol. The number of rotatable bonds is 1. The first kappa shape index (κ1) is 18.8. The molecule has 32 heavy (non-hydrogen) atoms. The molecule has 156 valence electrons. The Morgan fingerprint density at radius 2 is 1.72 bits per heavy atom. The number of ether oxygens (including phenoxy) is 1. The molecule has 3 aromatic heterocycles. The van der Waals surface area contributed by atoms with Crippen molar-refractivity contribution >= 4 is 17.4 Å². The van der Waals surface area contributed by atoms with Crippen molar-refractivity contribution in [3.8, 4) is 22.6 Å². The van der Waals surface area contributed by atoms with Crippen LogP contribution in [0, 0.1) is 11.9 Å². The lowest BCUT2D eigenvalue weighted by molar-refractivity contribution is 0.385. The molecule has 1 atom stereocenters. The lowest BCUT2D eigenvalue weighted by Crippen LogP contribution is -2.30. The second-order valence-corrected chi connectivity index (χ2v) is 7.76. The maximum absolute atomic E-state index is 14.9. The second kappa shape index (κ2) is 6.54. The fourth-order valence-electron chi connectivity index (χ4n) is 4.37. The number of aliphatic imine (C=N–C) groups is 1. The molecule has 1 aromatic carbocycles. The van der Waals surface area contributed by atoms with Crippen LogP contribution in [-0.2, 0) is 5.54 Å². The zero-order chi connectivity index (χ0) is 22.0. The number of pyridine rings is 3. The fourth-order valence-corrected chi connectivity index (χ4v) is 4.55. The minimum absolute atomic E-state index is 0.0618. The van der Waals surface area contributed by atoms with Crippen LogP contribution in [0.5, 0.6) is 11.5 Å². The molecular weight excluding hydrogens is 436 g/mol. The minimum Gasteiger partial charge on any atom is -0.452 e. The molecule has 0 radical (unpaired) electrons. The van der Waals surface area contributed by atoms with Crippen molar-refractivity contribution in [1.82, 2.24) is 15.0 Å². The van der Waals surface area contributed by atoms with Gasteiger partial charge in [0.05, 0.1) is 0 Å². The highest BCUT2D eigenvalue weighted by Crippen LogP contribution is 2.56. The molecule has 0 bridgehead atoms. The molecule has 1 spiro atoms. The highest BCUT2D eigenvalue weighted by atomic mass is 35.5. The van der Waals surface area contributed by atoms with E-state index in [9.17, 15) is 8.78 Å². The van der Waals surface area contributed by atoms with Gasteiger partial charge in [-0.15, -0.1) is 0 Å². The van der Waals surface area contributed by atoms with Crippen LogP contribution in [0.4, 0.5) is 8.78 Å². The minimum atomic E-state index is -1.29. The number of nitrogens with zero attached hydrogens (tertiary/aromatic N) is 4. The summed E-state index contributed by atoms with van der Waals surface area (Å²) in [4.78, 5) is 16.5. The normalized spacial score (nSPS) is 17.9. The zero-order valence-corrected chi connectivity index (χ0v) is 16.9. The van der Waals surface area contributed by atoms with E-state index in [1.807, 2.05) is 6.07 Å². The number of hydrogen-bond donors (Lipinski definition) is 1. The van der Waals surface area contributed by atoms with Gasteiger partial charge < -0.3 is 10.5 Å². The van der Waals surface area contributed by atoms with Gasteiger partial charge in [-0.3, -0.25) is 4.98 Å². The van der Waals surface area contributed by atoms with Crippen molar-refractivity contribution in [2.24, 2.45) is 10.7 Å². The van der Waals surface area contributed by atoms with Crippen LogP contribution < -0.4 is 10.5 Å². The van der Waals surface area contributed by atoms with Gasteiger partial charge in [-0.2, -0.15) is 8.78 Å². The molecule has 2 aliphatic rings. The van der Waals surface area contributed by atoms with Crippen LogP contribution in [0.2, 0.25) is 5.15 Å². The van der Waals surface area contributed by atoms with E-state index in [1.54, 1.807) is 42.6 Å². The number of nitrogens with two attached hydrogens (primary N) is 1. The highest BCUT2D eigenvalue weighted by Gasteiger charge is 2.50. The molecule has 4 aromatic rings. The maximum Gasteiger partial charge on any atom is 0.257 e. The Morgan fingerprint density at radius 3 is 2.56 bits per heavy atom. The van der Waals surface area contributed by atoms with E-state index in [4.69, 9.17) is 27.1 Å². The van der Waals surface area contributed by atoms with Gasteiger partial charge in [-0.25, -0.2) is 15.0 Å². The van der Waals surface area contributed by atoms with Gasteiger partial charge in [0.25, 0.3) is 5.95 Å². The number of hydrogen-bond acceptors (Lipinski definition) is 6. The van der Waals surface area contributed by atoms with Gasteiger partial charge in [0.2, 0.25) is 5.95 Å². The summed E-state index contributed by atoms with van der Waals surface area (Å²) in [7, 11) is 0. The molecule has 2 aliphatic heterocycles. The quantitative estimate of drug-likeness (QED) is 0.431. The molecular formula is C23H12ClF2N5O. The summed E-state index contributed by atoms with van der Waals surface area (Å²) in [5.74, 6) is -1.07. The maximum atomic E-state index is 14.9. The van der Waals surface area contributed by atoms with E-state index in [2.05, 4.69) is 15.0 Å². The molecule has 0 saturated heterocycles. The molecule has 2 N–H and O–H groups in total. The Balaban J connectivity index is 1.72. The van der Waals surface area contributed by atoms with Crippen LogP contribution in [0.25, 0.3) is 11.1 Å². The number of aromatic nitrogens is 3. The molecule has 0 fully saturated rings. The van der Waals surface area contributed by atoms with Crippen molar-refractivity contribution in [3.05, 3.63) is 100 Å². The molecule has 0 amide bonds. The second-order valence-electron chi connectivity index (χ2n) is 7.37. The van der Waals surface area contributed by atoms with E-state index in [0.717, 1.165) is 0 Å². The standard InChI is InChI=1S/C23H12ClF2N5O/c24-17-10-15-19(21(26)30-17)32-16-6-5-11(12-3-1-8-29-20(12)25)9-14(16)23(15)13-4-2-7-28-18(13)22(27)31-23/h1-10H,(H2,27,31)/t23-/m1/s1. The van der Waals surface area contributed by atoms with Crippen molar-refractivity contribution in [3.63, 3.8) is 0 Å². The van der Waals surface area contributed by atoms with Crippen LogP contribution in [0.15, 0.2) is 65.9 Å². The number of fused-ring (bicyclic) bond motifs is 6. The molecule has 6 nitrogen and oxygen atoms in total.